The molecule has 1 unspecified atom stereocenters. The van der Waals surface area contributed by atoms with Crippen molar-refractivity contribution < 1.29 is 13.7 Å². The number of likely N-dealkylation sites (tertiary alicyclic amines) is 1. The Hall–Kier alpha value is -2.21. The highest BCUT2D eigenvalue weighted by atomic mass is 19.1. The van der Waals surface area contributed by atoms with Gasteiger partial charge in [-0.25, -0.2) is 4.39 Å². The second-order valence-corrected chi connectivity index (χ2v) is 8.30. The summed E-state index contributed by atoms with van der Waals surface area (Å²) in [4.78, 5) is 17.2. The van der Waals surface area contributed by atoms with Crippen LogP contribution in [0.15, 0.2) is 34.9 Å². The number of rotatable bonds is 8. The van der Waals surface area contributed by atoms with E-state index in [4.69, 9.17) is 4.52 Å². The van der Waals surface area contributed by atoms with Gasteiger partial charge in [-0.3, -0.25) is 4.79 Å². The first kappa shape index (κ1) is 21.5. The first-order valence-corrected chi connectivity index (χ1v) is 10.7. The Morgan fingerprint density at radius 2 is 2.21 bits per heavy atom. The predicted octanol–water partition coefficient (Wildman–Crippen LogP) is 4.35. The zero-order valence-corrected chi connectivity index (χ0v) is 17.7. The molecule has 0 saturated carbocycles. The van der Waals surface area contributed by atoms with Gasteiger partial charge in [-0.2, -0.15) is 0 Å². The van der Waals surface area contributed by atoms with Gasteiger partial charge in [0.1, 0.15) is 5.82 Å². The molecule has 1 saturated heterocycles. The van der Waals surface area contributed by atoms with Gasteiger partial charge in [0, 0.05) is 32.2 Å². The molecular weight excluding hydrogens is 369 g/mol. The summed E-state index contributed by atoms with van der Waals surface area (Å²) in [5.41, 5.74) is 1.84. The number of carbonyl (C=O) groups is 1. The first-order valence-electron chi connectivity index (χ1n) is 10.7. The fraction of sp³-hybridized carbons (Fsp3) is 0.565. The maximum atomic E-state index is 13.4. The van der Waals surface area contributed by atoms with Crippen molar-refractivity contribution in [2.75, 3.05) is 32.7 Å². The summed E-state index contributed by atoms with van der Waals surface area (Å²) in [7, 11) is 0. The topological polar surface area (TPSA) is 49.6 Å². The number of benzene rings is 1. The molecule has 6 heteroatoms. The van der Waals surface area contributed by atoms with E-state index in [1.54, 1.807) is 18.2 Å². The number of halogens is 1. The Morgan fingerprint density at radius 3 is 2.90 bits per heavy atom. The van der Waals surface area contributed by atoms with Crippen LogP contribution in [0.4, 0.5) is 4.39 Å². The number of carbonyl (C=O) groups excluding carboxylic acids is 1. The van der Waals surface area contributed by atoms with Crippen LogP contribution < -0.4 is 0 Å². The molecule has 0 bridgehead atoms. The lowest BCUT2D eigenvalue weighted by Gasteiger charge is -2.35. The van der Waals surface area contributed by atoms with Gasteiger partial charge in [0.15, 0.2) is 0 Å². The Labute approximate surface area is 172 Å². The summed E-state index contributed by atoms with van der Waals surface area (Å²) in [5.74, 6) is 0.746. The van der Waals surface area contributed by atoms with Crippen molar-refractivity contribution in [1.29, 1.82) is 0 Å². The number of aromatic nitrogens is 1. The smallest absolute Gasteiger partial charge is 0.292 e. The minimum atomic E-state index is -0.177. The van der Waals surface area contributed by atoms with Crippen molar-refractivity contribution >= 4 is 5.91 Å². The molecule has 2 aromatic rings. The van der Waals surface area contributed by atoms with Crippen molar-refractivity contribution in [3.8, 4) is 0 Å². The summed E-state index contributed by atoms with van der Waals surface area (Å²) in [6.45, 7) is 10.4. The van der Waals surface area contributed by atoms with Gasteiger partial charge in [0.25, 0.3) is 5.91 Å². The highest BCUT2D eigenvalue weighted by molar-refractivity contribution is 5.91. The number of piperidine rings is 1. The molecule has 1 aliphatic rings. The lowest BCUT2D eigenvalue weighted by atomic mass is 9.96. The molecule has 5 nitrogen and oxygen atoms in total. The molecule has 0 spiro atoms. The van der Waals surface area contributed by atoms with Crippen LogP contribution in [0.25, 0.3) is 0 Å². The molecule has 1 fully saturated rings. The predicted molar refractivity (Wildman–Crippen MR) is 111 cm³/mol. The van der Waals surface area contributed by atoms with Crippen molar-refractivity contribution in [3.05, 3.63) is 53.2 Å². The molecule has 1 atom stereocenters. The van der Waals surface area contributed by atoms with E-state index in [2.05, 4.69) is 10.1 Å². The summed E-state index contributed by atoms with van der Waals surface area (Å²) in [6, 6.07) is 8.60. The third kappa shape index (κ3) is 5.89. The van der Waals surface area contributed by atoms with Crippen LogP contribution in [-0.4, -0.2) is 53.6 Å². The first-order chi connectivity index (χ1) is 14.0. The van der Waals surface area contributed by atoms with Gasteiger partial charge in [0.05, 0.1) is 5.69 Å². The monoisotopic (exact) mass is 401 g/mol. The molecule has 1 amide bonds. The van der Waals surface area contributed by atoms with Crippen LogP contribution in [0.1, 0.15) is 61.3 Å². The lowest BCUT2D eigenvalue weighted by Crippen LogP contribution is -2.43. The van der Waals surface area contributed by atoms with E-state index in [0.29, 0.717) is 18.2 Å². The molecule has 2 heterocycles. The zero-order chi connectivity index (χ0) is 20.8. The van der Waals surface area contributed by atoms with Crippen LogP contribution >= 0.6 is 0 Å². The number of amides is 1. The minimum Gasteiger partial charge on any atom is -0.351 e. The van der Waals surface area contributed by atoms with Crippen LogP contribution in [0, 0.1) is 11.7 Å². The van der Waals surface area contributed by atoms with Gasteiger partial charge >= 0.3 is 0 Å². The maximum Gasteiger partial charge on any atom is 0.292 e. The summed E-state index contributed by atoms with van der Waals surface area (Å²) < 4.78 is 18.7. The van der Waals surface area contributed by atoms with E-state index < -0.39 is 0 Å². The Morgan fingerprint density at radius 1 is 1.38 bits per heavy atom. The van der Waals surface area contributed by atoms with Gasteiger partial charge in [-0.1, -0.05) is 31.1 Å². The average Bonchev–Trinajstić information content (AvgIpc) is 3.21. The average molecular weight is 402 g/mol. The van der Waals surface area contributed by atoms with Crippen molar-refractivity contribution in [2.24, 2.45) is 5.92 Å². The Balaban J connectivity index is 1.54. The van der Waals surface area contributed by atoms with E-state index in [-0.39, 0.29) is 17.6 Å². The summed E-state index contributed by atoms with van der Waals surface area (Å²) in [5, 5.41) is 4.01. The van der Waals surface area contributed by atoms with E-state index in [0.717, 1.165) is 56.7 Å². The normalized spacial score (nSPS) is 17.6. The molecular formula is C23H32FN3O2. The molecule has 158 valence electrons. The number of nitrogens with zero attached hydrogens (tertiary/aromatic N) is 3. The van der Waals surface area contributed by atoms with E-state index in [1.807, 2.05) is 31.7 Å². The molecule has 3 rings (SSSR count). The van der Waals surface area contributed by atoms with E-state index >= 15 is 0 Å². The maximum absolute atomic E-state index is 13.4. The Bertz CT molecular complexity index is 805. The molecule has 1 aromatic heterocycles. The van der Waals surface area contributed by atoms with Crippen molar-refractivity contribution in [1.82, 2.24) is 15.0 Å². The van der Waals surface area contributed by atoms with Gasteiger partial charge in [-0.05, 0) is 62.3 Å². The van der Waals surface area contributed by atoms with Crippen LogP contribution in [0.5, 0.6) is 0 Å². The van der Waals surface area contributed by atoms with Gasteiger partial charge < -0.3 is 14.3 Å². The quantitative estimate of drug-likeness (QED) is 0.660. The highest BCUT2D eigenvalue weighted by Gasteiger charge is 2.26. The number of hydrogen-bond donors (Lipinski definition) is 0. The fourth-order valence-electron chi connectivity index (χ4n) is 3.97. The molecule has 0 aliphatic carbocycles. The van der Waals surface area contributed by atoms with Crippen molar-refractivity contribution in [3.63, 3.8) is 0 Å². The second kappa shape index (κ2) is 10.0. The third-order valence-electron chi connectivity index (χ3n) is 5.69. The minimum absolute atomic E-state index is 0.0798. The van der Waals surface area contributed by atoms with Gasteiger partial charge in [0.2, 0.25) is 5.76 Å². The lowest BCUT2D eigenvalue weighted by molar-refractivity contribution is 0.0650. The zero-order valence-electron chi connectivity index (χ0n) is 17.7. The molecule has 1 aliphatic heterocycles. The summed E-state index contributed by atoms with van der Waals surface area (Å²) in [6.07, 6.45) is 3.09. The second-order valence-electron chi connectivity index (χ2n) is 8.30. The fourth-order valence-corrected chi connectivity index (χ4v) is 3.97. The standard InChI is InChI=1S/C23H32FN3O2/c1-4-27(23(28)22-14-21(17(2)3)25-29-22)16-19-8-6-11-26(15-19)12-10-18-7-5-9-20(24)13-18/h5,7,9,13-14,17,19H,4,6,8,10-12,15-16H2,1-3H3. The summed E-state index contributed by atoms with van der Waals surface area (Å²) >= 11 is 0. The van der Waals surface area contributed by atoms with E-state index in [9.17, 15) is 9.18 Å². The highest BCUT2D eigenvalue weighted by Crippen LogP contribution is 2.20. The van der Waals surface area contributed by atoms with Crippen LogP contribution in [0.3, 0.4) is 0 Å². The van der Waals surface area contributed by atoms with Crippen molar-refractivity contribution in [2.45, 2.75) is 46.0 Å². The number of hydrogen-bond acceptors (Lipinski definition) is 4. The molecule has 0 radical (unpaired) electrons. The molecule has 0 N–H and O–H groups in total. The SMILES string of the molecule is CCN(CC1CCCN(CCc2cccc(F)c2)C1)C(=O)c1cc(C(C)C)no1. The Kier molecular flexibility index (Phi) is 7.42. The van der Waals surface area contributed by atoms with Crippen LogP contribution in [0.2, 0.25) is 0 Å². The van der Waals surface area contributed by atoms with E-state index in [1.165, 1.54) is 6.07 Å². The molecule has 1 aromatic carbocycles. The molecule has 29 heavy (non-hydrogen) atoms. The van der Waals surface area contributed by atoms with Gasteiger partial charge in [-0.15, -0.1) is 0 Å². The largest absolute Gasteiger partial charge is 0.351 e. The van der Waals surface area contributed by atoms with Crippen LogP contribution in [-0.2, 0) is 6.42 Å². The third-order valence-corrected chi connectivity index (χ3v) is 5.69.